The minimum absolute atomic E-state index is 0.123. The molecule has 0 spiro atoms. The molecule has 1 aromatic heterocycles. The highest BCUT2D eigenvalue weighted by Gasteiger charge is 2.09. The first-order valence-electron chi connectivity index (χ1n) is 4.33. The summed E-state index contributed by atoms with van der Waals surface area (Å²) in [7, 11) is 1.52. The molecule has 3 heteroatoms. The Morgan fingerprint density at radius 3 is 2.79 bits per heavy atom. The van der Waals surface area contributed by atoms with Crippen LogP contribution in [0.15, 0.2) is 30.0 Å². The highest BCUT2D eigenvalue weighted by atomic mass is 16.5. The summed E-state index contributed by atoms with van der Waals surface area (Å²) in [5.41, 5.74) is 1.30. The van der Waals surface area contributed by atoms with Gasteiger partial charge in [-0.3, -0.25) is 4.79 Å². The maximum Gasteiger partial charge on any atom is 0.207 e. The Kier molecular flexibility index (Phi) is 3.40. The van der Waals surface area contributed by atoms with E-state index in [1.807, 2.05) is 13.8 Å². The fraction of sp³-hybridized carbons (Fsp3) is 0.273. The summed E-state index contributed by atoms with van der Waals surface area (Å²) < 4.78 is 5.04. The van der Waals surface area contributed by atoms with Gasteiger partial charge in [0, 0.05) is 6.20 Å². The molecule has 0 unspecified atom stereocenters. The Balaban J connectivity index is 3.06. The fourth-order valence-corrected chi connectivity index (χ4v) is 1.07. The quantitative estimate of drug-likeness (QED) is 0.543. The van der Waals surface area contributed by atoms with Crippen molar-refractivity contribution in [2.45, 2.75) is 13.8 Å². The molecule has 0 saturated carbocycles. The van der Waals surface area contributed by atoms with Crippen LogP contribution in [0.1, 0.15) is 24.3 Å². The molecule has 14 heavy (non-hydrogen) atoms. The predicted molar refractivity (Wildman–Crippen MR) is 54.6 cm³/mol. The Labute approximate surface area is 83.4 Å². The predicted octanol–water partition coefficient (Wildman–Crippen LogP) is 2.24. The van der Waals surface area contributed by atoms with Crippen LogP contribution in [-0.4, -0.2) is 17.9 Å². The molecule has 0 radical (unpaired) electrons. The molecule has 0 amide bonds. The van der Waals surface area contributed by atoms with Gasteiger partial charge in [-0.2, -0.15) is 0 Å². The average molecular weight is 191 g/mol. The third kappa shape index (κ3) is 2.42. The molecule has 0 aliphatic rings. The zero-order chi connectivity index (χ0) is 10.6. The van der Waals surface area contributed by atoms with Crippen LogP contribution in [0.2, 0.25) is 0 Å². The van der Waals surface area contributed by atoms with Gasteiger partial charge in [0.25, 0.3) is 0 Å². The highest BCUT2D eigenvalue weighted by Crippen LogP contribution is 2.15. The lowest BCUT2D eigenvalue weighted by Crippen LogP contribution is -2.02. The maximum absolute atomic E-state index is 11.6. The van der Waals surface area contributed by atoms with E-state index in [2.05, 4.69) is 4.98 Å². The van der Waals surface area contributed by atoms with E-state index in [0.717, 1.165) is 5.57 Å². The van der Waals surface area contributed by atoms with E-state index < -0.39 is 0 Å². The number of ether oxygens (including phenoxy) is 1. The van der Waals surface area contributed by atoms with Gasteiger partial charge in [0.2, 0.25) is 5.78 Å². The van der Waals surface area contributed by atoms with Crippen molar-refractivity contribution < 1.29 is 9.53 Å². The normalized spacial score (nSPS) is 9.36. The molecule has 74 valence electrons. The molecule has 0 aliphatic heterocycles. The van der Waals surface area contributed by atoms with E-state index in [4.69, 9.17) is 4.74 Å². The molecule has 0 atom stereocenters. The fourth-order valence-electron chi connectivity index (χ4n) is 1.07. The van der Waals surface area contributed by atoms with E-state index >= 15 is 0 Å². The Bertz CT molecular complexity index is 365. The summed E-state index contributed by atoms with van der Waals surface area (Å²) in [5.74, 6) is 0.387. The third-order valence-corrected chi connectivity index (χ3v) is 1.64. The topological polar surface area (TPSA) is 39.2 Å². The SMILES string of the molecule is COc1cccnc1C(=O)C=C(C)C. The number of hydrogen-bond donors (Lipinski definition) is 0. The lowest BCUT2D eigenvalue weighted by molar-refractivity contribution is 0.103. The second-order valence-electron chi connectivity index (χ2n) is 3.14. The van der Waals surface area contributed by atoms with Crippen LogP contribution in [0.3, 0.4) is 0 Å². The maximum atomic E-state index is 11.6. The van der Waals surface area contributed by atoms with E-state index in [1.165, 1.54) is 7.11 Å². The zero-order valence-electron chi connectivity index (χ0n) is 8.57. The van der Waals surface area contributed by atoms with Crippen LogP contribution in [0, 0.1) is 0 Å². The first-order chi connectivity index (χ1) is 6.65. The number of carbonyl (C=O) groups excluding carboxylic acids is 1. The molecule has 0 aromatic carbocycles. The molecule has 1 rings (SSSR count). The van der Waals surface area contributed by atoms with Gasteiger partial charge < -0.3 is 4.74 Å². The number of pyridine rings is 1. The minimum Gasteiger partial charge on any atom is -0.494 e. The largest absolute Gasteiger partial charge is 0.494 e. The molecule has 1 heterocycles. The van der Waals surface area contributed by atoms with Gasteiger partial charge in [-0.05, 0) is 32.1 Å². The van der Waals surface area contributed by atoms with Gasteiger partial charge >= 0.3 is 0 Å². The Morgan fingerprint density at radius 1 is 1.50 bits per heavy atom. The van der Waals surface area contributed by atoms with Crippen LogP contribution in [0.5, 0.6) is 5.75 Å². The second kappa shape index (κ2) is 4.56. The van der Waals surface area contributed by atoms with Gasteiger partial charge in [0.15, 0.2) is 5.69 Å². The summed E-state index contributed by atoms with van der Waals surface area (Å²) in [6.07, 6.45) is 3.12. The van der Waals surface area contributed by atoms with Crippen molar-refractivity contribution in [3.8, 4) is 5.75 Å². The van der Waals surface area contributed by atoms with Crippen LogP contribution < -0.4 is 4.74 Å². The third-order valence-electron chi connectivity index (χ3n) is 1.64. The van der Waals surface area contributed by atoms with Crippen LogP contribution in [0.4, 0.5) is 0 Å². The van der Waals surface area contributed by atoms with Crippen molar-refractivity contribution in [2.75, 3.05) is 7.11 Å². The van der Waals surface area contributed by atoms with Crippen LogP contribution in [-0.2, 0) is 0 Å². The smallest absolute Gasteiger partial charge is 0.207 e. The number of hydrogen-bond acceptors (Lipinski definition) is 3. The van der Waals surface area contributed by atoms with Gasteiger partial charge in [-0.1, -0.05) is 5.57 Å². The molecular weight excluding hydrogens is 178 g/mol. The molecule has 0 aliphatic carbocycles. The van der Waals surface area contributed by atoms with Gasteiger partial charge in [-0.15, -0.1) is 0 Å². The first-order valence-corrected chi connectivity index (χ1v) is 4.33. The van der Waals surface area contributed by atoms with Crippen LogP contribution in [0.25, 0.3) is 0 Å². The molecule has 3 nitrogen and oxygen atoms in total. The summed E-state index contributed by atoms with van der Waals surface area (Å²) in [6, 6.07) is 3.46. The van der Waals surface area contributed by atoms with Crippen molar-refractivity contribution in [2.24, 2.45) is 0 Å². The van der Waals surface area contributed by atoms with Gasteiger partial charge in [0.05, 0.1) is 7.11 Å². The van der Waals surface area contributed by atoms with Crippen molar-refractivity contribution in [3.05, 3.63) is 35.7 Å². The molecule has 0 fully saturated rings. The molecule has 0 bridgehead atoms. The second-order valence-corrected chi connectivity index (χ2v) is 3.14. The molecule has 1 aromatic rings. The number of methoxy groups -OCH3 is 1. The molecule has 0 saturated heterocycles. The van der Waals surface area contributed by atoms with Crippen molar-refractivity contribution in [3.63, 3.8) is 0 Å². The monoisotopic (exact) mass is 191 g/mol. The van der Waals surface area contributed by atoms with Gasteiger partial charge in [-0.25, -0.2) is 4.98 Å². The zero-order valence-corrected chi connectivity index (χ0v) is 8.57. The summed E-state index contributed by atoms with van der Waals surface area (Å²) >= 11 is 0. The molecular formula is C11H13NO2. The number of aromatic nitrogens is 1. The number of carbonyl (C=O) groups is 1. The lowest BCUT2D eigenvalue weighted by Gasteiger charge is -2.03. The average Bonchev–Trinajstić information content (AvgIpc) is 2.16. The van der Waals surface area contributed by atoms with Crippen molar-refractivity contribution in [1.29, 1.82) is 0 Å². The van der Waals surface area contributed by atoms with Crippen molar-refractivity contribution in [1.82, 2.24) is 4.98 Å². The highest BCUT2D eigenvalue weighted by molar-refractivity contribution is 6.05. The summed E-state index contributed by atoms with van der Waals surface area (Å²) in [6.45, 7) is 3.74. The summed E-state index contributed by atoms with van der Waals surface area (Å²) in [5, 5.41) is 0. The summed E-state index contributed by atoms with van der Waals surface area (Å²) in [4.78, 5) is 15.6. The molecule has 0 N–H and O–H groups in total. The van der Waals surface area contributed by atoms with Crippen LogP contribution >= 0.6 is 0 Å². The lowest BCUT2D eigenvalue weighted by atomic mass is 10.2. The number of nitrogens with zero attached hydrogens (tertiary/aromatic N) is 1. The Hall–Kier alpha value is -1.64. The van der Waals surface area contributed by atoms with E-state index in [0.29, 0.717) is 11.4 Å². The Morgan fingerprint density at radius 2 is 2.21 bits per heavy atom. The standard InChI is InChI=1S/C11H13NO2/c1-8(2)7-9(13)11-10(14-3)5-4-6-12-11/h4-7H,1-3H3. The number of allylic oxidation sites excluding steroid dienone is 2. The van der Waals surface area contributed by atoms with Crippen molar-refractivity contribution >= 4 is 5.78 Å². The minimum atomic E-state index is -0.123. The van der Waals surface area contributed by atoms with E-state index in [1.54, 1.807) is 24.4 Å². The number of ketones is 1. The van der Waals surface area contributed by atoms with Gasteiger partial charge in [0.1, 0.15) is 5.75 Å². The number of rotatable bonds is 3. The van der Waals surface area contributed by atoms with E-state index in [9.17, 15) is 4.79 Å². The van der Waals surface area contributed by atoms with E-state index in [-0.39, 0.29) is 5.78 Å². The first kappa shape index (κ1) is 10.4.